The van der Waals surface area contributed by atoms with E-state index in [-0.39, 0.29) is 17.3 Å². The maximum Gasteiger partial charge on any atom is 0.410 e. The number of likely N-dealkylation sites (tertiary alicyclic amines) is 1. The largest absolute Gasteiger partial charge is 0.444 e. The Kier molecular flexibility index (Phi) is 5.45. The highest BCUT2D eigenvalue weighted by molar-refractivity contribution is 6.06. The van der Waals surface area contributed by atoms with Gasteiger partial charge >= 0.3 is 6.09 Å². The number of ketones is 1. The van der Waals surface area contributed by atoms with Crippen molar-refractivity contribution in [1.29, 1.82) is 0 Å². The van der Waals surface area contributed by atoms with E-state index in [1.807, 2.05) is 20.8 Å². The Balaban J connectivity index is 1.54. The second-order valence-electron chi connectivity index (χ2n) is 10.4. The van der Waals surface area contributed by atoms with Gasteiger partial charge in [-0.15, -0.1) is 0 Å². The maximum atomic E-state index is 13.5. The number of nitrogens with zero attached hydrogens (tertiary/aromatic N) is 1. The van der Waals surface area contributed by atoms with Crippen molar-refractivity contribution in [2.45, 2.75) is 65.4 Å². The number of rotatable bonds is 2. The van der Waals surface area contributed by atoms with Crippen molar-refractivity contribution in [3.63, 3.8) is 0 Å². The number of fused-ring (bicyclic) bond motifs is 1. The van der Waals surface area contributed by atoms with E-state index in [1.165, 1.54) is 11.1 Å². The summed E-state index contributed by atoms with van der Waals surface area (Å²) < 4.78 is 5.51. The Morgan fingerprint density at radius 2 is 1.71 bits per heavy atom. The molecule has 4 rings (SSSR count). The Morgan fingerprint density at radius 3 is 2.35 bits per heavy atom. The van der Waals surface area contributed by atoms with Crippen LogP contribution in [0.3, 0.4) is 0 Å². The number of carbonyl (C=O) groups excluding carboxylic acids is 2. The number of ether oxygens (including phenoxy) is 1. The molecule has 1 fully saturated rings. The van der Waals surface area contributed by atoms with Gasteiger partial charge in [0.1, 0.15) is 5.60 Å². The summed E-state index contributed by atoms with van der Waals surface area (Å²) in [5.74, 6) is 0.666. The molecule has 4 nitrogen and oxygen atoms in total. The molecule has 0 bridgehead atoms. The summed E-state index contributed by atoms with van der Waals surface area (Å²) in [6.45, 7) is 11.2. The topological polar surface area (TPSA) is 46.6 Å². The van der Waals surface area contributed by atoms with E-state index in [0.29, 0.717) is 31.8 Å². The van der Waals surface area contributed by atoms with Gasteiger partial charge in [0, 0.05) is 24.1 Å². The summed E-state index contributed by atoms with van der Waals surface area (Å²) in [5.41, 5.74) is 4.73. The SMILES string of the molecule is CC(C)c1ccccc1-c1ccc2c(c1)C(=O)C1(CCN(C(=O)OC(C)(C)C)CC1)C2. The number of amides is 1. The molecule has 2 aromatic rings. The molecule has 0 radical (unpaired) electrons. The van der Waals surface area contributed by atoms with Crippen LogP contribution in [0.25, 0.3) is 11.1 Å². The molecule has 1 heterocycles. The van der Waals surface area contributed by atoms with E-state index in [1.54, 1.807) is 4.90 Å². The third kappa shape index (κ3) is 4.13. The van der Waals surface area contributed by atoms with Crippen LogP contribution in [0, 0.1) is 5.41 Å². The molecule has 0 aromatic heterocycles. The molecule has 2 aliphatic rings. The quantitative estimate of drug-likeness (QED) is 0.579. The predicted molar refractivity (Wildman–Crippen MR) is 123 cm³/mol. The Bertz CT molecular complexity index is 1010. The maximum absolute atomic E-state index is 13.5. The van der Waals surface area contributed by atoms with Crippen LogP contribution in [0.15, 0.2) is 42.5 Å². The lowest BCUT2D eigenvalue weighted by molar-refractivity contribution is 0.0114. The predicted octanol–water partition coefficient (Wildman–Crippen LogP) is 6.23. The summed E-state index contributed by atoms with van der Waals surface area (Å²) in [6.07, 6.45) is 1.88. The number of hydrogen-bond acceptors (Lipinski definition) is 3. The standard InChI is InChI=1S/C27H33NO3/c1-18(2)21-8-6-7-9-22(21)19-10-11-20-17-27(24(29)23(20)16-19)12-14-28(15-13-27)25(30)31-26(3,4)5/h6-11,16,18H,12-15,17H2,1-5H3. The van der Waals surface area contributed by atoms with Gasteiger partial charge in [0.2, 0.25) is 0 Å². The van der Waals surface area contributed by atoms with Gasteiger partial charge in [-0.25, -0.2) is 4.79 Å². The zero-order chi connectivity index (χ0) is 22.4. The molecule has 1 amide bonds. The highest BCUT2D eigenvalue weighted by Crippen LogP contribution is 2.46. The molecule has 0 N–H and O–H groups in total. The first-order valence-electron chi connectivity index (χ1n) is 11.3. The molecular formula is C27H33NO3. The fourth-order valence-corrected chi connectivity index (χ4v) is 4.95. The van der Waals surface area contributed by atoms with Gasteiger partial charge in [-0.1, -0.05) is 50.2 Å². The van der Waals surface area contributed by atoms with Crippen molar-refractivity contribution < 1.29 is 14.3 Å². The minimum atomic E-state index is -0.506. The lowest BCUT2D eigenvalue weighted by Gasteiger charge is -2.38. The van der Waals surface area contributed by atoms with Gasteiger partial charge in [0.25, 0.3) is 0 Å². The second kappa shape index (κ2) is 7.81. The molecule has 1 saturated heterocycles. The van der Waals surface area contributed by atoms with Crippen LogP contribution in [0.2, 0.25) is 0 Å². The lowest BCUT2D eigenvalue weighted by Crippen LogP contribution is -2.47. The summed E-state index contributed by atoms with van der Waals surface area (Å²) in [5, 5.41) is 0. The monoisotopic (exact) mass is 419 g/mol. The molecule has 1 spiro atoms. The zero-order valence-corrected chi connectivity index (χ0v) is 19.3. The third-order valence-electron chi connectivity index (χ3n) is 6.63. The summed E-state index contributed by atoms with van der Waals surface area (Å²) in [7, 11) is 0. The van der Waals surface area contributed by atoms with Crippen LogP contribution in [0.4, 0.5) is 4.79 Å². The van der Waals surface area contributed by atoms with Crippen molar-refractivity contribution >= 4 is 11.9 Å². The van der Waals surface area contributed by atoms with Crippen molar-refractivity contribution in [3.05, 3.63) is 59.2 Å². The molecule has 164 valence electrons. The van der Waals surface area contributed by atoms with Crippen LogP contribution in [-0.4, -0.2) is 35.5 Å². The minimum Gasteiger partial charge on any atom is -0.444 e. The van der Waals surface area contributed by atoms with E-state index < -0.39 is 5.60 Å². The van der Waals surface area contributed by atoms with Crippen LogP contribution < -0.4 is 0 Å². The summed E-state index contributed by atoms with van der Waals surface area (Å²) in [4.78, 5) is 27.7. The van der Waals surface area contributed by atoms with Crippen LogP contribution in [0.5, 0.6) is 0 Å². The number of hydrogen-bond donors (Lipinski definition) is 0. The van der Waals surface area contributed by atoms with Crippen molar-refractivity contribution in [2.24, 2.45) is 5.41 Å². The molecule has 0 atom stereocenters. The molecule has 1 aliphatic carbocycles. The molecule has 31 heavy (non-hydrogen) atoms. The first-order chi connectivity index (χ1) is 14.6. The van der Waals surface area contributed by atoms with Crippen molar-refractivity contribution in [1.82, 2.24) is 4.90 Å². The molecule has 4 heteroatoms. The Labute approximate surface area is 185 Å². The van der Waals surface area contributed by atoms with E-state index in [2.05, 4.69) is 56.3 Å². The first-order valence-corrected chi connectivity index (χ1v) is 11.3. The van der Waals surface area contributed by atoms with Crippen LogP contribution in [0.1, 0.15) is 74.9 Å². The van der Waals surface area contributed by atoms with Gasteiger partial charge in [0.15, 0.2) is 5.78 Å². The number of piperidine rings is 1. The fourth-order valence-electron chi connectivity index (χ4n) is 4.95. The van der Waals surface area contributed by atoms with Crippen molar-refractivity contribution in [3.8, 4) is 11.1 Å². The van der Waals surface area contributed by atoms with E-state index in [9.17, 15) is 9.59 Å². The molecule has 1 aliphatic heterocycles. The van der Waals surface area contributed by atoms with Gasteiger partial charge in [-0.3, -0.25) is 4.79 Å². The van der Waals surface area contributed by atoms with E-state index in [0.717, 1.165) is 23.1 Å². The van der Waals surface area contributed by atoms with E-state index >= 15 is 0 Å². The second-order valence-corrected chi connectivity index (χ2v) is 10.4. The molecule has 2 aromatic carbocycles. The zero-order valence-electron chi connectivity index (χ0n) is 19.3. The number of benzene rings is 2. The van der Waals surface area contributed by atoms with Gasteiger partial charge in [-0.2, -0.15) is 0 Å². The first kappa shape index (κ1) is 21.6. The van der Waals surface area contributed by atoms with Crippen LogP contribution >= 0.6 is 0 Å². The van der Waals surface area contributed by atoms with Gasteiger partial charge in [0.05, 0.1) is 0 Å². The highest BCUT2D eigenvalue weighted by atomic mass is 16.6. The fraction of sp³-hybridized carbons (Fsp3) is 0.481. The normalized spacial score (nSPS) is 17.9. The Hall–Kier alpha value is -2.62. The Morgan fingerprint density at radius 1 is 1.03 bits per heavy atom. The minimum absolute atomic E-state index is 0.246. The van der Waals surface area contributed by atoms with Crippen molar-refractivity contribution in [2.75, 3.05) is 13.1 Å². The average Bonchev–Trinajstić information content (AvgIpc) is 2.98. The third-order valence-corrected chi connectivity index (χ3v) is 6.63. The van der Waals surface area contributed by atoms with Gasteiger partial charge in [-0.05, 0) is 74.3 Å². The van der Waals surface area contributed by atoms with Crippen LogP contribution in [-0.2, 0) is 11.2 Å². The highest BCUT2D eigenvalue weighted by Gasteiger charge is 2.48. The lowest BCUT2D eigenvalue weighted by atomic mass is 9.75. The summed E-state index contributed by atoms with van der Waals surface area (Å²) >= 11 is 0. The molecular weight excluding hydrogens is 386 g/mol. The van der Waals surface area contributed by atoms with Gasteiger partial charge < -0.3 is 9.64 Å². The molecule has 0 saturated carbocycles. The smallest absolute Gasteiger partial charge is 0.410 e. The van der Waals surface area contributed by atoms with E-state index in [4.69, 9.17) is 4.74 Å². The molecule has 0 unspecified atom stereocenters. The number of carbonyl (C=O) groups is 2. The average molecular weight is 420 g/mol. The summed E-state index contributed by atoms with van der Waals surface area (Å²) in [6, 6.07) is 14.8. The number of Topliss-reactive ketones (excluding diaryl/α,β-unsaturated/α-hetero) is 1.